The highest BCUT2D eigenvalue weighted by atomic mass is 35.5. The third-order valence-corrected chi connectivity index (χ3v) is 5.69. The number of aromatic nitrogens is 3. The van der Waals surface area contributed by atoms with Crippen LogP contribution in [0.5, 0.6) is 0 Å². The number of carbonyl (C=O) groups is 1. The van der Waals surface area contributed by atoms with Crippen molar-refractivity contribution < 1.29 is 4.79 Å². The number of hydrogen-bond donors (Lipinski definition) is 1. The predicted octanol–water partition coefficient (Wildman–Crippen LogP) is 5.96. The van der Waals surface area contributed by atoms with Gasteiger partial charge in [0.2, 0.25) is 5.91 Å². The van der Waals surface area contributed by atoms with Gasteiger partial charge in [-0.1, -0.05) is 70.3 Å². The van der Waals surface area contributed by atoms with E-state index in [1.807, 2.05) is 36.6 Å². The summed E-state index contributed by atoms with van der Waals surface area (Å²) in [6.45, 7) is 4.73. The molecule has 0 bridgehead atoms. The van der Waals surface area contributed by atoms with Gasteiger partial charge in [-0.05, 0) is 32.0 Å². The second-order valence-electron chi connectivity index (χ2n) is 6.00. The molecule has 0 radical (unpaired) electrons. The Balaban J connectivity index is 1.72. The number of amides is 1. The first-order valence-corrected chi connectivity index (χ1v) is 10.6. The monoisotopic (exact) mass is 454 g/mol. The van der Waals surface area contributed by atoms with Gasteiger partial charge in [0.15, 0.2) is 11.0 Å². The SMILES string of the molecule is CCn1c(SCC(=O)Nc2c(Cl)cc(Cl)cc2Cl)nnc1-c1cccc(C)c1. The molecular weight excluding hydrogens is 439 g/mol. The summed E-state index contributed by atoms with van der Waals surface area (Å²) in [6.07, 6.45) is 0. The van der Waals surface area contributed by atoms with Crippen LogP contribution in [-0.2, 0) is 11.3 Å². The van der Waals surface area contributed by atoms with E-state index in [0.29, 0.717) is 22.4 Å². The van der Waals surface area contributed by atoms with Crippen LogP contribution in [0.4, 0.5) is 5.69 Å². The summed E-state index contributed by atoms with van der Waals surface area (Å²) in [5.41, 5.74) is 2.48. The minimum Gasteiger partial charge on any atom is -0.323 e. The molecule has 0 saturated heterocycles. The first-order chi connectivity index (χ1) is 13.4. The average Bonchev–Trinajstić information content (AvgIpc) is 3.06. The molecule has 1 N–H and O–H groups in total. The Morgan fingerprint density at radius 2 is 1.86 bits per heavy atom. The highest BCUT2D eigenvalue weighted by Crippen LogP contribution is 2.34. The van der Waals surface area contributed by atoms with Gasteiger partial charge in [-0.25, -0.2) is 0 Å². The largest absolute Gasteiger partial charge is 0.323 e. The Bertz CT molecular complexity index is 999. The van der Waals surface area contributed by atoms with Gasteiger partial charge in [0, 0.05) is 17.1 Å². The fraction of sp³-hybridized carbons (Fsp3) is 0.211. The lowest BCUT2D eigenvalue weighted by Crippen LogP contribution is -2.15. The lowest BCUT2D eigenvalue weighted by atomic mass is 10.1. The first-order valence-electron chi connectivity index (χ1n) is 8.46. The molecule has 0 spiro atoms. The van der Waals surface area contributed by atoms with E-state index in [2.05, 4.69) is 21.6 Å². The summed E-state index contributed by atoms with van der Waals surface area (Å²) in [7, 11) is 0. The fourth-order valence-electron chi connectivity index (χ4n) is 2.65. The maximum atomic E-state index is 12.4. The van der Waals surface area contributed by atoms with Crippen molar-refractivity contribution in [2.75, 3.05) is 11.1 Å². The summed E-state index contributed by atoms with van der Waals surface area (Å²) in [5.74, 6) is 0.665. The van der Waals surface area contributed by atoms with Gasteiger partial charge in [0.05, 0.1) is 21.5 Å². The topological polar surface area (TPSA) is 59.8 Å². The van der Waals surface area contributed by atoms with Gasteiger partial charge in [-0.3, -0.25) is 4.79 Å². The summed E-state index contributed by atoms with van der Waals surface area (Å²) in [4.78, 5) is 12.4. The summed E-state index contributed by atoms with van der Waals surface area (Å²) >= 11 is 19.4. The maximum absolute atomic E-state index is 12.4. The van der Waals surface area contributed by atoms with Crippen LogP contribution in [0.15, 0.2) is 41.6 Å². The lowest BCUT2D eigenvalue weighted by molar-refractivity contribution is -0.113. The molecule has 1 amide bonds. The molecule has 0 atom stereocenters. The molecule has 5 nitrogen and oxygen atoms in total. The molecule has 9 heteroatoms. The fourth-order valence-corrected chi connectivity index (χ4v) is 4.36. The predicted molar refractivity (Wildman–Crippen MR) is 117 cm³/mol. The number of nitrogens with one attached hydrogen (secondary N) is 1. The lowest BCUT2D eigenvalue weighted by Gasteiger charge is -2.10. The van der Waals surface area contributed by atoms with E-state index in [9.17, 15) is 4.79 Å². The van der Waals surface area contributed by atoms with Crippen molar-refractivity contribution in [1.29, 1.82) is 0 Å². The Morgan fingerprint density at radius 1 is 1.14 bits per heavy atom. The van der Waals surface area contributed by atoms with Crippen LogP contribution in [-0.4, -0.2) is 26.4 Å². The molecule has 0 saturated carbocycles. The van der Waals surface area contributed by atoms with Gasteiger partial charge in [0.1, 0.15) is 0 Å². The Labute approximate surface area is 182 Å². The number of nitrogens with zero attached hydrogens (tertiary/aromatic N) is 3. The highest BCUT2D eigenvalue weighted by molar-refractivity contribution is 7.99. The van der Waals surface area contributed by atoms with Crippen LogP contribution >= 0.6 is 46.6 Å². The van der Waals surface area contributed by atoms with Crippen LogP contribution in [0.25, 0.3) is 11.4 Å². The number of halogens is 3. The molecule has 3 aromatic rings. The van der Waals surface area contributed by atoms with E-state index in [1.54, 1.807) is 0 Å². The van der Waals surface area contributed by atoms with E-state index in [-0.39, 0.29) is 21.7 Å². The maximum Gasteiger partial charge on any atom is 0.234 e. The van der Waals surface area contributed by atoms with Crippen LogP contribution < -0.4 is 5.32 Å². The van der Waals surface area contributed by atoms with Crippen LogP contribution in [0, 0.1) is 6.92 Å². The number of thioether (sulfide) groups is 1. The van der Waals surface area contributed by atoms with Crippen molar-refractivity contribution in [2.24, 2.45) is 0 Å². The van der Waals surface area contributed by atoms with Crippen molar-refractivity contribution >= 4 is 58.2 Å². The number of aryl methyl sites for hydroxylation is 1. The minimum atomic E-state index is -0.251. The molecule has 1 heterocycles. The standard InChI is InChI=1S/C19H17Cl3N4OS/c1-3-26-18(12-6-4-5-11(2)7-12)24-25-19(26)28-10-16(27)23-17-14(21)8-13(20)9-15(17)22/h4-9H,3,10H2,1-2H3,(H,23,27). The van der Waals surface area contributed by atoms with E-state index < -0.39 is 0 Å². The van der Waals surface area contributed by atoms with Crippen LogP contribution in [0.2, 0.25) is 15.1 Å². The third kappa shape index (κ3) is 4.81. The highest BCUT2D eigenvalue weighted by Gasteiger charge is 2.16. The zero-order valence-electron chi connectivity index (χ0n) is 15.2. The van der Waals surface area contributed by atoms with Crippen molar-refractivity contribution in [1.82, 2.24) is 14.8 Å². The smallest absolute Gasteiger partial charge is 0.234 e. The minimum absolute atomic E-state index is 0.140. The molecule has 0 aliphatic carbocycles. The van der Waals surface area contributed by atoms with Gasteiger partial charge in [-0.15, -0.1) is 10.2 Å². The molecular formula is C19H17Cl3N4OS. The van der Waals surface area contributed by atoms with Gasteiger partial charge >= 0.3 is 0 Å². The first kappa shape index (κ1) is 21.0. The molecule has 1 aromatic heterocycles. The quantitative estimate of drug-likeness (QED) is 0.466. The molecule has 28 heavy (non-hydrogen) atoms. The Hall–Kier alpha value is -1.73. The molecule has 0 fully saturated rings. The van der Waals surface area contributed by atoms with Crippen molar-refractivity contribution in [3.63, 3.8) is 0 Å². The molecule has 2 aromatic carbocycles. The molecule has 0 aliphatic rings. The number of benzene rings is 2. The number of hydrogen-bond acceptors (Lipinski definition) is 4. The van der Waals surface area contributed by atoms with Gasteiger partial charge in [-0.2, -0.15) is 0 Å². The molecule has 3 rings (SSSR count). The second kappa shape index (κ2) is 9.18. The number of rotatable bonds is 6. The summed E-state index contributed by atoms with van der Waals surface area (Å²) < 4.78 is 1.98. The molecule has 0 unspecified atom stereocenters. The Kier molecular flexibility index (Phi) is 6.88. The van der Waals surface area contributed by atoms with Crippen LogP contribution in [0.3, 0.4) is 0 Å². The van der Waals surface area contributed by atoms with Gasteiger partial charge in [0.25, 0.3) is 0 Å². The average molecular weight is 456 g/mol. The normalized spacial score (nSPS) is 10.9. The van der Waals surface area contributed by atoms with E-state index in [1.165, 1.54) is 23.9 Å². The van der Waals surface area contributed by atoms with Crippen molar-refractivity contribution in [2.45, 2.75) is 25.5 Å². The zero-order chi connectivity index (χ0) is 20.3. The third-order valence-electron chi connectivity index (χ3n) is 3.91. The molecule has 0 aliphatic heterocycles. The van der Waals surface area contributed by atoms with E-state index >= 15 is 0 Å². The Morgan fingerprint density at radius 3 is 2.50 bits per heavy atom. The van der Waals surface area contributed by atoms with E-state index in [0.717, 1.165) is 17.0 Å². The molecule has 146 valence electrons. The number of carbonyl (C=O) groups excluding carboxylic acids is 1. The van der Waals surface area contributed by atoms with Crippen molar-refractivity contribution in [3.8, 4) is 11.4 Å². The van der Waals surface area contributed by atoms with E-state index in [4.69, 9.17) is 34.8 Å². The summed E-state index contributed by atoms with van der Waals surface area (Å²) in [6, 6.07) is 11.1. The summed E-state index contributed by atoms with van der Waals surface area (Å²) in [5, 5.41) is 12.9. The zero-order valence-corrected chi connectivity index (χ0v) is 18.3. The second-order valence-corrected chi connectivity index (χ2v) is 8.19. The van der Waals surface area contributed by atoms with Crippen LogP contribution in [0.1, 0.15) is 12.5 Å². The number of anilines is 1. The van der Waals surface area contributed by atoms with Crippen molar-refractivity contribution in [3.05, 3.63) is 57.0 Å². The van der Waals surface area contributed by atoms with Gasteiger partial charge < -0.3 is 9.88 Å².